The summed E-state index contributed by atoms with van der Waals surface area (Å²) in [5.41, 5.74) is 1.92. The lowest BCUT2D eigenvalue weighted by Gasteiger charge is -2.17. The number of aryl methyl sites for hydroxylation is 1. The van der Waals surface area contributed by atoms with E-state index in [1.165, 1.54) is 0 Å². The predicted octanol–water partition coefficient (Wildman–Crippen LogP) is 2.68. The Balaban J connectivity index is 2.23. The number of amides is 1. The van der Waals surface area contributed by atoms with E-state index in [1.54, 1.807) is 35.8 Å². The van der Waals surface area contributed by atoms with Gasteiger partial charge in [0.05, 0.1) is 16.8 Å². The number of rotatable bonds is 5. The minimum atomic E-state index is -0.433. The number of carbonyl (C=O) groups excluding carboxylic acids is 1. The van der Waals surface area contributed by atoms with Crippen molar-refractivity contribution in [3.63, 3.8) is 0 Å². The summed E-state index contributed by atoms with van der Waals surface area (Å²) in [4.78, 5) is 14.0. The lowest BCUT2D eigenvalue weighted by atomic mass is 10.2. The molecule has 0 spiro atoms. The normalized spacial score (nSPS) is 12.2. The molecule has 6 heteroatoms. The number of hydrogen-bond acceptors (Lipinski definition) is 3. The van der Waals surface area contributed by atoms with Crippen molar-refractivity contribution in [1.29, 1.82) is 0 Å². The Labute approximate surface area is 135 Å². The molecule has 0 radical (unpaired) electrons. The third-order valence-electron chi connectivity index (χ3n) is 3.43. The maximum absolute atomic E-state index is 12.4. The van der Waals surface area contributed by atoms with E-state index < -0.39 is 6.10 Å². The van der Waals surface area contributed by atoms with Crippen LogP contribution >= 0.6 is 11.6 Å². The molecule has 0 saturated heterocycles. The third kappa shape index (κ3) is 3.67. The molecule has 1 atom stereocenters. The molecule has 0 saturated carbocycles. The van der Waals surface area contributed by atoms with Crippen LogP contribution in [0.3, 0.4) is 0 Å². The van der Waals surface area contributed by atoms with Gasteiger partial charge in [-0.25, -0.2) is 4.68 Å². The SMILES string of the molecule is Cc1cn(-c2ccccc2Cl)nc1C(=O)N(C)CCC(C)O. The molecule has 118 valence electrons. The molecule has 0 aliphatic carbocycles. The Bertz CT molecular complexity index is 667. The first-order valence-electron chi connectivity index (χ1n) is 7.15. The number of halogens is 1. The van der Waals surface area contributed by atoms with E-state index in [-0.39, 0.29) is 5.91 Å². The number of nitrogens with zero attached hydrogens (tertiary/aromatic N) is 3. The molecule has 0 aliphatic heterocycles. The standard InChI is InChI=1S/C16H20ClN3O2/c1-11-10-20(14-7-5-4-6-13(14)17)18-15(11)16(22)19(3)9-8-12(2)21/h4-7,10,12,21H,8-9H2,1-3H3. The number of para-hydroxylation sites is 1. The van der Waals surface area contributed by atoms with Gasteiger partial charge in [0, 0.05) is 25.4 Å². The quantitative estimate of drug-likeness (QED) is 0.921. The zero-order valence-electron chi connectivity index (χ0n) is 13.0. The second kappa shape index (κ2) is 6.94. The van der Waals surface area contributed by atoms with Crippen LogP contribution in [-0.4, -0.2) is 45.4 Å². The van der Waals surface area contributed by atoms with E-state index in [0.717, 1.165) is 11.3 Å². The second-order valence-corrected chi connectivity index (χ2v) is 5.83. The van der Waals surface area contributed by atoms with E-state index in [2.05, 4.69) is 5.10 Å². The molecule has 2 rings (SSSR count). The van der Waals surface area contributed by atoms with Crippen LogP contribution in [-0.2, 0) is 0 Å². The van der Waals surface area contributed by atoms with Crippen molar-refractivity contribution in [2.75, 3.05) is 13.6 Å². The summed E-state index contributed by atoms with van der Waals surface area (Å²) in [6, 6.07) is 7.34. The first-order valence-corrected chi connectivity index (χ1v) is 7.52. The van der Waals surface area contributed by atoms with Gasteiger partial charge in [-0.2, -0.15) is 5.10 Å². The Morgan fingerprint density at radius 2 is 2.14 bits per heavy atom. The molecule has 1 heterocycles. The Morgan fingerprint density at radius 3 is 2.77 bits per heavy atom. The molecular weight excluding hydrogens is 302 g/mol. The third-order valence-corrected chi connectivity index (χ3v) is 3.75. The first-order chi connectivity index (χ1) is 10.4. The number of carbonyl (C=O) groups is 1. The lowest BCUT2D eigenvalue weighted by molar-refractivity contribution is 0.0762. The summed E-state index contributed by atoms with van der Waals surface area (Å²) >= 11 is 6.16. The van der Waals surface area contributed by atoms with Gasteiger partial charge in [-0.3, -0.25) is 4.79 Å². The van der Waals surface area contributed by atoms with E-state index in [0.29, 0.717) is 23.7 Å². The maximum Gasteiger partial charge on any atom is 0.274 e. The number of aliphatic hydroxyl groups excluding tert-OH is 1. The summed E-state index contributed by atoms with van der Waals surface area (Å²) in [7, 11) is 1.71. The maximum atomic E-state index is 12.4. The van der Waals surface area contributed by atoms with Crippen LogP contribution in [0.5, 0.6) is 0 Å². The number of hydrogen-bond donors (Lipinski definition) is 1. The predicted molar refractivity (Wildman–Crippen MR) is 86.6 cm³/mol. The Hall–Kier alpha value is -1.85. The van der Waals surface area contributed by atoms with Gasteiger partial charge in [0.2, 0.25) is 0 Å². The minimum Gasteiger partial charge on any atom is -0.393 e. The van der Waals surface area contributed by atoms with Crippen molar-refractivity contribution in [2.45, 2.75) is 26.4 Å². The molecule has 1 amide bonds. The van der Waals surface area contributed by atoms with Crippen LogP contribution in [0.1, 0.15) is 29.4 Å². The van der Waals surface area contributed by atoms with E-state index in [1.807, 2.05) is 25.1 Å². The van der Waals surface area contributed by atoms with Crippen LogP contribution in [0.2, 0.25) is 5.02 Å². The van der Waals surface area contributed by atoms with Gasteiger partial charge in [-0.15, -0.1) is 0 Å². The smallest absolute Gasteiger partial charge is 0.274 e. The number of aromatic nitrogens is 2. The molecule has 1 aromatic carbocycles. The van der Waals surface area contributed by atoms with Gasteiger partial charge in [-0.05, 0) is 32.4 Å². The number of benzene rings is 1. The largest absolute Gasteiger partial charge is 0.393 e. The van der Waals surface area contributed by atoms with Crippen molar-refractivity contribution < 1.29 is 9.90 Å². The van der Waals surface area contributed by atoms with Crippen molar-refractivity contribution in [3.8, 4) is 5.69 Å². The molecule has 5 nitrogen and oxygen atoms in total. The molecule has 0 aliphatic rings. The average Bonchev–Trinajstić information content (AvgIpc) is 2.86. The summed E-state index contributed by atoms with van der Waals surface area (Å²) in [5, 5.41) is 14.3. The van der Waals surface area contributed by atoms with E-state index in [4.69, 9.17) is 11.6 Å². The molecule has 1 aromatic heterocycles. The van der Waals surface area contributed by atoms with Crippen LogP contribution in [0, 0.1) is 6.92 Å². The van der Waals surface area contributed by atoms with E-state index in [9.17, 15) is 9.90 Å². The van der Waals surface area contributed by atoms with Gasteiger partial charge in [0.25, 0.3) is 5.91 Å². The zero-order valence-corrected chi connectivity index (χ0v) is 13.7. The van der Waals surface area contributed by atoms with Gasteiger partial charge in [0.1, 0.15) is 0 Å². The van der Waals surface area contributed by atoms with Crippen LogP contribution in [0.25, 0.3) is 5.69 Å². The fourth-order valence-corrected chi connectivity index (χ4v) is 2.32. The van der Waals surface area contributed by atoms with Crippen molar-refractivity contribution in [3.05, 3.63) is 46.7 Å². The lowest BCUT2D eigenvalue weighted by Crippen LogP contribution is -2.30. The molecular formula is C16H20ClN3O2. The zero-order chi connectivity index (χ0) is 16.3. The van der Waals surface area contributed by atoms with Crippen LogP contribution in [0.4, 0.5) is 0 Å². The van der Waals surface area contributed by atoms with E-state index >= 15 is 0 Å². The molecule has 1 N–H and O–H groups in total. The van der Waals surface area contributed by atoms with Gasteiger partial charge in [-0.1, -0.05) is 23.7 Å². The Morgan fingerprint density at radius 1 is 1.45 bits per heavy atom. The van der Waals surface area contributed by atoms with Crippen molar-refractivity contribution in [1.82, 2.24) is 14.7 Å². The van der Waals surface area contributed by atoms with Gasteiger partial charge < -0.3 is 10.0 Å². The summed E-state index contributed by atoms with van der Waals surface area (Å²) in [5.74, 6) is -0.163. The Kier molecular flexibility index (Phi) is 5.21. The number of aliphatic hydroxyl groups is 1. The highest BCUT2D eigenvalue weighted by atomic mass is 35.5. The monoisotopic (exact) mass is 321 g/mol. The molecule has 2 aromatic rings. The second-order valence-electron chi connectivity index (χ2n) is 5.42. The molecule has 0 fully saturated rings. The first kappa shape index (κ1) is 16.5. The highest BCUT2D eigenvalue weighted by Gasteiger charge is 2.19. The summed E-state index contributed by atoms with van der Waals surface area (Å²) in [6.07, 6.45) is 1.89. The summed E-state index contributed by atoms with van der Waals surface area (Å²) in [6.45, 7) is 4.03. The minimum absolute atomic E-state index is 0.163. The topological polar surface area (TPSA) is 58.4 Å². The van der Waals surface area contributed by atoms with Gasteiger partial charge in [0.15, 0.2) is 5.69 Å². The van der Waals surface area contributed by atoms with Crippen molar-refractivity contribution in [2.24, 2.45) is 0 Å². The van der Waals surface area contributed by atoms with Gasteiger partial charge >= 0.3 is 0 Å². The fourth-order valence-electron chi connectivity index (χ4n) is 2.10. The highest BCUT2D eigenvalue weighted by molar-refractivity contribution is 6.32. The highest BCUT2D eigenvalue weighted by Crippen LogP contribution is 2.21. The average molecular weight is 322 g/mol. The fraction of sp³-hybridized carbons (Fsp3) is 0.375. The van der Waals surface area contributed by atoms with Crippen LogP contribution in [0.15, 0.2) is 30.5 Å². The molecule has 22 heavy (non-hydrogen) atoms. The van der Waals surface area contributed by atoms with Crippen molar-refractivity contribution >= 4 is 17.5 Å². The summed E-state index contributed by atoms with van der Waals surface area (Å²) < 4.78 is 1.62. The molecule has 0 bridgehead atoms. The molecule has 1 unspecified atom stereocenters. The van der Waals surface area contributed by atoms with Crippen LogP contribution < -0.4 is 0 Å².